The second-order valence-corrected chi connectivity index (χ2v) is 10.4. The van der Waals surface area contributed by atoms with Crippen molar-refractivity contribution in [3.8, 4) is 0 Å². The number of ketones is 1. The monoisotopic (exact) mass is 406 g/mol. The van der Waals surface area contributed by atoms with Crippen molar-refractivity contribution < 1.29 is 19.8 Å². The number of hydrogen-bond donors (Lipinski definition) is 4. The summed E-state index contributed by atoms with van der Waals surface area (Å²) in [5.74, 6) is 1.05. The smallest absolute Gasteiger partial charge is 0.139 e. The number of carbonyl (C=O) groups excluding carboxylic acids is 1. The molecule has 0 aliphatic heterocycles. The molecule has 0 radical (unpaired) electrons. The zero-order chi connectivity index (χ0) is 20.8. The third kappa shape index (κ3) is 3.27. The number of carbonyl (C=O) groups is 1. The average Bonchev–Trinajstić information content (AvgIpc) is 3.01. The predicted octanol–water partition coefficient (Wildman–Crippen LogP) is 2.15. The zero-order valence-electron chi connectivity index (χ0n) is 17.9. The number of hydrogen-bond acceptors (Lipinski definition) is 6. The Morgan fingerprint density at radius 3 is 2.76 bits per heavy atom. The van der Waals surface area contributed by atoms with E-state index in [1.165, 1.54) is 0 Å². The summed E-state index contributed by atoms with van der Waals surface area (Å²) in [6.07, 6.45) is 7.85. The molecule has 0 saturated heterocycles. The molecule has 3 unspecified atom stereocenters. The van der Waals surface area contributed by atoms with Crippen LogP contribution < -0.4 is 11.2 Å². The molecule has 6 heteroatoms. The lowest BCUT2D eigenvalue weighted by atomic mass is 9.43. The van der Waals surface area contributed by atoms with Gasteiger partial charge in [0.15, 0.2) is 0 Å². The van der Waals surface area contributed by atoms with Gasteiger partial charge in [-0.05, 0) is 74.2 Å². The lowest BCUT2D eigenvalue weighted by Crippen LogP contribution is -2.61. The highest BCUT2D eigenvalue weighted by molar-refractivity contribution is 5.87. The van der Waals surface area contributed by atoms with E-state index in [4.69, 9.17) is 10.6 Å². The van der Waals surface area contributed by atoms with E-state index in [1.807, 2.05) is 0 Å². The minimum Gasteiger partial charge on any atom is -0.396 e. The number of aliphatic hydroxyl groups is 2. The van der Waals surface area contributed by atoms with E-state index >= 15 is 0 Å². The fourth-order valence-corrected chi connectivity index (χ4v) is 7.42. The first-order valence-electron chi connectivity index (χ1n) is 11.5. The Morgan fingerprint density at radius 2 is 2.03 bits per heavy atom. The van der Waals surface area contributed by atoms with Crippen molar-refractivity contribution in [2.24, 2.45) is 46.2 Å². The maximum Gasteiger partial charge on any atom is 0.139 e. The SMILES string of the molecule is C[C@]12CCC(NOCCCN)=CC1C(CO)C(O)[C@@H]1[C@H]2CC[C@]2(C)C(=O)CC[C@@H]12. The van der Waals surface area contributed by atoms with Crippen LogP contribution in [0, 0.1) is 40.4 Å². The molecule has 0 aromatic rings. The fourth-order valence-electron chi connectivity index (χ4n) is 7.42. The molecule has 3 fully saturated rings. The maximum absolute atomic E-state index is 12.6. The minimum absolute atomic E-state index is 0.0279. The van der Waals surface area contributed by atoms with Gasteiger partial charge in [0, 0.05) is 30.1 Å². The van der Waals surface area contributed by atoms with Crippen LogP contribution in [0.2, 0.25) is 0 Å². The first-order valence-corrected chi connectivity index (χ1v) is 11.5. The second-order valence-electron chi connectivity index (χ2n) is 10.4. The van der Waals surface area contributed by atoms with Gasteiger partial charge in [-0.3, -0.25) is 15.1 Å². The summed E-state index contributed by atoms with van der Waals surface area (Å²) in [7, 11) is 0. The van der Waals surface area contributed by atoms with E-state index in [2.05, 4.69) is 25.4 Å². The molecule has 164 valence electrons. The fraction of sp³-hybridized carbons (Fsp3) is 0.870. The van der Waals surface area contributed by atoms with Crippen LogP contribution in [0.4, 0.5) is 0 Å². The first-order chi connectivity index (χ1) is 13.9. The highest BCUT2D eigenvalue weighted by Crippen LogP contribution is 2.66. The Kier molecular flexibility index (Phi) is 5.84. The molecule has 4 rings (SSSR count). The Labute approximate surface area is 174 Å². The van der Waals surface area contributed by atoms with E-state index in [0.29, 0.717) is 31.3 Å². The lowest BCUT2D eigenvalue weighted by Gasteiger charge is -2.62. The standard InChI is InChI=1S/C23H38N2O4/c1-22-8-6-14(25-29-11-3-10-24)12-18(22)15(13-26)21(28)20-16-4-5-19(27)23(16,2)9-7-17(20)22/h12,15-18,20-21,25-26,28H,3-11,13,24H2,1-2H3/t15?,16-,17+,18?,20-,21?,22+,23-/m0/s1. The zero-order valence-corrected chi connectivity index (χ0v) is 17.9. The van der Waals surface area contributed by atoms with E-state index in [-0.39, 0.29) is 41.1 Å². The maximum atomic E-state index is 12.6. The van der Waals surface area contributed by atoms with Gasteiger partial charge in [0.1, 0.15) is 5.78 Å². The van der Waals surface area contributed by atoms with Crippen molar-refractivity contribution >= 4 is 5.78 Å². The summed E-state index contributed by atoms with van der Waals surface area (Å²) >= 11 is 0. The summed E-state index contributed by atoms with van der Waals surface area (Å²) in [6, 6.07) is 0. The van der Waals surface area contributed by atoms with Crippen molar-refractivity contribution in [2.75, 3.05) is 19.8 Å². The van der Waals surface area contributed by atoms with Crippen LogP contribution in [0.15, 0.2) is 11.8 Å². The summed E-state index contributed by atoms with van der Waals surface area (Å²) in [6.45, 7) is 5.62. The van der Waals surface area contributed by atoms with Crippen molar-refractivity contribution in [1.29, 1.82) is 0 Å². The van der Waals surface area contributed by atoms with Crippen LogP contribution in [-0.4, -0.2) is 41.9 Å². The largest absolute Gasteiger partial charge is 0.396 e. The molecule has 0 heterocycles. The molecule has 6 nitrogen and oxygen atoms in total. The quantitative estimate of drug-likeness (QED) is 0.398. The minimum atomic E-state index is -0.563. The van der Waals surface area contributed by atoms with Crippen LogP contribution >= 0.6 is 0 Å². The number of hydroxylamine groups is 1. The van der Waals surface area contributed by atoms with Gasteiger partial charge in [0.2, 0.25) is 0 Å². The van der Waals surface area contributed by atoms with Gasteiger partial charge in [-0.15, -0.1) is 0 Å². The highest BCUT2D eigenvalue weighted by Gasteiger charge is 2.64. The molecule has 0 amide bonds. The molecule has 0 spiro atoms. The molecule has 5 N–H and O–H groups in total. The number of fused-ring (bicyclic) bond motifs is 5. The van der Waals surface area contributed by atoms with Crippen LogP contribution in [0.3, 0.4) is 0 Å². The molecule has 8 atom stereocenters. The second kappa shape index (κ2) is 7.95. The van der Waals surface area contributed by atoms with Gasteiger partial charge in [0.05, 0.1) is 12.7 Å². The predicted molar refractivity (Wildman–Crippen MR) is 110 cm³/mol. The van der Waals surface area contributed by atoms with E-state index in [0.717, 1.165) is 44.2 Å². The Balaban J connectivity index is 1.61. The van der Waals surface area contributed by atoms with Crippen molar-refractivity contribution in [3.63, 3.8) is 0 Å². The van der Waals surface area contributed by atoms with Gasteiger partial charge in [-0.1, -0.05) is 19.9 Å². The first kappa shape index (κ1) is 21.3. The number of Topliss-reactive ketones (excluding diaryl/α,β-unsaturated/α-hetero) is 1. The van der Waals surface area contributed by atoms with Gasteiger partial charge in [-0.25, -0.2) is 0 Å². The molecular formula is C23H38N2O4. The number of nitrogens with two attached hydrogens (primary N) is 1. The number of rotatable bonds is 6. The summed E-state index contributed by atoms with van der Waals surface area (Å²) < 4.78 is 0. The van der Waals surface area contributed by atoms with E-state index < -0.39 is 6.10 Å². The molecule has 29 heavy (non-hydrogen) atoms. The third-order valence-corrected chi connectivity index (χ3v) is 9.12. The van der Waals surface area contributed by atoms with Crippen LogP contribution in [0.5, 0.6) is 0 Å². The number of allylic oxidation sites excluding steroid dienone is 2. The highest BCUT2D eigenvalue weighted by atomic mass is 16.6. The topological polar surface area (TPSA) is 105 Å². The molecular weight excluding hydrogens is 368 g/mol. The van der Waals surface area contributed by atoms with Crippen LogP contribution in [-0.2, 0) is 9.63 Å². The molecule has 0 aromatic carbocycles. The van der Waals surface area contributed by atoms with Crippen molar-refractivity contribution in [1.82, 2.24) is 5.48 Å². The van der Waals surface area contributed by atoms with Crippen molar-refractivity contribution in [2.45, 2.75) is 64.9 Å². The van der Waals surface area contributed by atoms with Gasteiger partial charge in [0.25, 0.3) is 0 Å². The normalized spacial score (nSPS) is 46.5. The van der Waals surface area contributed by atoms with Crippen LogP contribution in [0.1, 0.15) is 58.8 Å². The van der Waals surface area contributed by atoms with Crippen LogP contribution in [0.25, 0.3) is 0 Å². The summed E-state index contributed by atoms with van der Waals surface area (Å²) in [5, 5.41) is 21.7. The van der Waals surface area contributed by atoms with Gasteiger partial charge < -0.3 is 15.9 Å². The molecule has 4 aliphatic rings. The molecule has 3 saturated carbocycles. The molecule has 0 bridgehead atoms. The lowest BCUT2D eigenvalue weighted by molar-refractivity contribution is -0.180. The van der Waals surface area contributed by atoms with E-state index in [1.54, 1.807) is 0 Å². The Hall–Kier alpha value is -0.950. The summed E-state index contributed by atoms with van der Waals surface area (Å²) in [5.41, 5.74) is 9.41. The summed E-state index contributed by atoms with van der Waals surface area (Å²) in [4.78, 5) is 18.2. The number of aliphatic hydroxyl groups excluding tert-OH is 2. The van der Waals surface area contributed by atoms with Gasteiger partial charge in [-0.2, -0.15) is 0 Å². The molecule has 4 aliphatic carbocycles. The van der Waals surface area contributed by atoms with Gasteiger partial charge >= 0.3 is 0 Å². The Bertz CT molecular complexity index is 667. The third-order valence-electron chi connectivity index (χ3n) is 9.12. The molecule has 0 aromatic heterocycles. The van der Waals surface area contributed by atoms with E-state index in [9.17, 15) is 15.0 Å². The average molecular weight is 407 g/mol. The van der Waals surface area contributed by atoms with Crippen molar-refractivity contribution in [3.05, 3.63) is 11.8 Å². The number of nitrogens with one attached hydrogen (secondary N) is 1. The Morgan fingerprint density at radius 1 is 1.24 bits per heavy atom.